The zero-order valence-electron chi connectivity index (χ0n) is 16.8. The monoisotopic (exact) mass is 420 g/mol. The summed E-state index contributed by atoms with van der Waals surface area (Å²) in [5.74, 6) is 1.72. The number of aromatic nitrogens is 2. The third-order valence-corrected chi connectivity index (χ3v) is 5.32. The molecule has 0 fully saturated rings. The molecule has 0 radical (unpaired) electrons. The van der Waals surface area contributed by atoms with E-state index in [0.717, 1.165) is 59.5 Å². The largest absolute Gasteiger partial charge is 0.494 e. The number of rotatable bonds is 9. The Hall–Kier alpha value is -2.82. The maximum absolute atomic E-state index is 8.87. The first-order valence-electron chi connectivity index (χ1n) is 10.3. The second-order valence-corrected chi connectivity index (χ2v) is 7.69. The molecule has 4 rings (SSSR count). The van der Waals surface area contributed by atoms with Gasteiger partial charge in [0, 0.05) is 28.9 Å². The van der Waals surface area contributed by atoms with E-state index in [9.17, 15) is 0 Å². The fourth-order valence-electron chi connectivity index (χ4n) is 3.53. The van der Waals surface area contributed by atoms with Crippen LogP contribution < -0.4 is 4.74 Å². The normalized spacial score (nSPS) is 11.1. The molecule has 3 aromatic carbocycles. The van der Waals surface area contributed by atoms with Crippen LogP contribution in [0.5, 0.6) is 5.75 Å². The molecule has 0 aliphatic carbocycles. The average Bonchev–Trinajstić information content (AvgIpc) is 3.16. The molecule has 1 N–H and O–H groups in total. The fourth-order valence-corrected chi connectivity index (χ4v) is 3.66. The lowest BCUT2D eigenvalue weighted by molar-refractivity contribution is 0.273. The smallest absolute Gasteiger partial charge is 0.145 e. The summed E-state index contributed by atoms with van der Waals surface area (Å²) in [6.45, 7) is 0.924. The molecule has 0 unspecified atom stereocenters. The van der Waals surface area contributed by atoms with Crippen LogP contribution >= 0.6 is 11.6 Å². The van der Waals surface area contributed by atoms with Crippen LogP contribution in [0.15, 0.2) is 72.8 Å². The van der Waals surface area contributed by atoms with Gasteiger partial charge in [-0.2, -0.15) is 0 Å². The van der Waals surface area contributed by atoms with Crippen molar-refractivity contribution in [3.63, 3.8) is 0 Å². The summed E-state index contributed by atoms with van der Waals surface area (Å²) in [6.07, 6.45) is 3.92. The van der Waals surface area contributed by atoms with Gasteiger partial charge in [-0.25, -0.2) is 4.98 Å². The lowest BCUT2D eigenvalue weighted by atomic mass is 10.2. The van der Waals surface area contributed by atoms with Crippen LogP contribution in [-0.2, 0) is 0 Å². The average molecular weight is 421 g/mol. The molecule has 5 heteroatoms. The van der Waals surface area contributed by atoms with Gasteiger partial charge in [-0.1, -0.05) is 48.4 Å². The molecule has 0 atom stereocenters. The van der Waals surface area contributed by atoms with Gasteiger partial charge in [-0.15, -0.1) is 0 Å². The van der Waals surface area contributed by atoms with Crippen molar-refractivity contribution in [3.8, 4) is 22.8 Å². The van der Waals surface area contributed by atoms with E-state index in [-0.39, 0.29) is 6.61 Å². The lowest BCUT2D eigenvalue weighted by Gasteiger charge is -2.11. The van der Waals surface area contributed by atoms with Crippen molar-refractivity contribution >= 4 is 22.6 Å². The number of imidazole rings is 1. The minimum absolute atomic E-state index is 0.260. The molecule has 154 valence electrons. The van der Waals surface area contributed by atoms with Crippen molar-refractivity contribution in [2.24, 2.45) is 0 Å². The van der Waals surface area contributed by atoms with E-state index >= 15 is 0 Å². The lowest BCUT2D eigenvalue weighted by Crippen LogP contribution is -1.99. The first-order valence-corrected chi connectivity index (χ1v) is 10.7. The number of hydrogen-bond donors (Lipinski definition) is 1. The second kappa shape index (κ2) is 9.79. The van der Waals surface area contributed by atoms with Gasteiger partial charge in [0.25, 0.3) is 0 Å². The van der Waals surface area contributed by atoms with Crippen molar-refractivity contribution in [1.29, 1.82) is 0 Å². The molecule has 0 saturated heterocycles. The van der Waals surface area contributed by atoms with E-state index in [1.807, 2.05) is 54.6 Å². The highest BCUT2D eigenvalue weighted by Crippen LogP contribution is 2.31. The quantitative estimate of drug-likeness (QED) is 0.324. The third-order valence-electron chi connectivity index (χ3n) is 5.06. The summed E-state index contributed by atoms with van der Waals surface area (Å²) in [7, 11) is 0. The Bertz CT molecular complexity index is 1090. The number of ether oxygens (including phenoxy) is 1. The van der Waals surface area contributed by atoms with Crippen LogP contribution in [0.4, 0.5) is 0 Å². The van der Waals surface area contributed by atoms with Gasteiger partial charge in [0.05, 0.1) is 17.6 Å². The van der Waals surface area contributed by atoms with Crippen LogP contribution in [0.25, 0.3) is 28.1 Å². The Morgan fingerprint density at radius 2 is 1.63 bits per heavy atom. The van der Waals surface area contributed by atoms with Gasteiger partial charge in [0.15, 0.2) is 0 Å². The summed E-state index contributed by atoms with van der Waals surface area (Å²) >= 11 is 6.12. The molecule has 0 aliphatic heterocycles. The highest BCUT2D eigenvalue weighted by molar-refractivity contribution is 6.30. The number of hydrogen-bond acceptors (Lipinski definition) is 3. The number of aliphatic hydroxyl groups is 1. The summed E-state index contributed by atoms with van der Waals surface area (Å²) in [5, 5.41) is 9.58. The first kappa shape index (κ1) is 20.5. The molecule has 1 aromatic heterocycles. The Balaban J connectivity index is 1.68. The zero-order chi connectivity index (χ0) is 20.8. The molecule has 0 aliphatic rings. The minimum atomic E-state index is 0.260. The van der Waals surface area contributed by atoms with Crippen molar-refractivity contribution in [1.82, 2.24) is 9.55 Å². The molecule has 0 saturated carbocycles. The van der Waals surface area contributed by atoms with Crippen LogP contribution in [-0.4, -0.2) is 27.9 Å². The van der Waals surface area contributed by atoms with E-state index in [1.54, 1.807) is 0 Å². The van der Waals surface area contributed by atoms with E-state index in [2.05, 4.69) is 22.8 Å². The van der Waals surface area contributed by atoms with Gasteiger partial charge >= 0.3 is 0 Å². The Kier molecular flexibility index (Phi) is 6.67. The van der Waals surface area contributed by atoms with Gasteiger partial charge in [0.2, 0.25) is 0 Å². The Morgan fingerprint density at radius 3 is 2.40 bits per heavy atom. The molecule has 30 heavy (non-hydrogen) atoms. The number of benzene rings is 3. The molecule has 1 heterocycles. The zero-order valence-corrected chi connectivity index (χ0v) is 17.6. The second-order valence-electron chi connectivity index (χ2n) is 7.25. The van der Waals surface area contributed by atoms with Crippen molar-refractivity contribution in [2.45, 2.75) is 25.7 Å². The molecule has 4 aromatic rings. The molecular formula is C25H25ClN2O2. The number of nitrogens with zero attached hydrogens (tertiary/aromatic N) is 2. The minimum Gasteiger partial charge on any atom is -0.494 e. The number of halogens is 1. The Morgan fingerprint density at radius 1 is 0.867 bits per heavy atom. The van der Waals surface area contributed by atoms with E-state index < -0.39 is 0 Å². The standard InChI is InChI=1S/C25H25ClN2O2/c26-20-10-12-21(13-11-20)28-24-18-22(30-17-7-2-1-6-16-29)14-15-23(24)27-25(28)19-8-4-3-5-9-19/h3-5,8-15,18,29H,1-2,6-7,16-17H2. The van der Waals surface area contributed by atoms with Crippen molar-refractivity contribution in [2.75, 3.05) is 13.2 Å². The maximum Gasteiger partial charge on any atom is 0.145 e. The molecule has 0 amide bonds. The van der Waals surface area contributed by atoms with Crippen molar-refractivity contribution < 1.29 is 9.84 Å². The summed E-state index contributed by atoms with van der Waals surface area (Å²) < 4.78 is 8.14. The van der Waals surface area contributed by atoms with E-state index in [1.165, 1.54) is 0 Å². The number of unbranched alkanes of at least 4 members (excludes halogenated alkanes) is 3. The third kappa shape index (κ3) is 4.66. The van der Waals surface area contributed by atoms with Gasteiger partial charge in [-0.05, 0) is 55.7 Å². The SMILES string of the molecule is OCCCCCCOc1ccc2nc(-c3ccccc3)n(-c3ccc(Cl)cc3)c2c1. The predicted octanol–water partition coefficient (Wildman–Crippen LogP) is 6.28. The highest BCUT2D eigenvalue weighted by Gasteiger charge is 2.15. The van der Waals surface area contributed by atoms with E-state index in [4.69, 9.17) is 26.4 Å². The highest BCUT2D eigenvalue weighted by atomic mass is 35.5. The van der Waals surface area contributed by atoms with Gasteiger partial charge in [0.1, 0.15) is 11.6 Å². The fraction of sp³-hybridized carbons (Fsp3) is 0.240. The number of fused-ring (bicyclic) bond motifs is 1. The summed E-state index contributed by atoms with van der Waals surface area (Å²) in [6, 6.07) is 24.0. The molecule has 0 spiro atoms. The summed E-state index contributed by atoms with van der Waals surface area (Å²) in [5.41, 5.74) is 3.96. The summed E-state index contributed by atoms with van der Waals surface area (Å²) in [4.78, 5) is 4.90. The Labute approximate surface area is 181 Å². The van der Waals surface area contributed by atoms with Gasteiger partial charge < -0.3 is 9.84 Å². The van der Waals surface area contributed by atoms with Crippen LogP contribution in [0, 0.1) is 0 Å². The molecule has 0 bridgehead atoms. The predicted molar refractivity (Wildman–Crippen MR) is 123 cm³/mol. The topological polar surface area (TPSA) is 47.3 Å². The van der Waals surface area contributed by atoms with Crippen LogP contribution in [0.2, 0.25) is 5.02 Å². The van der Waals surface area contributed by atoms with Crippen LogP contribution in [0.3, 0.4) is 0 Å². The van der Waals surface area contributed by atoms with Crippen LogP contribution in [0.1, 0.15) is 25.7 Å². The van der Waals surface area contributed by atoms with Crippen molar-refractivity contribution in [3.05, 3.63) is 77.8 Å². The van der Waals surface area contributed by atoms with E-state index in [0.29, 0.717) is 11.6 Å². The molecule has 4 nitrogen and oxygen atoms in total. The van der Waals surface area contributed by atoms with Gasteiger partial charge in [-0.3, -0.25) is 4.57 Å². The molecular weight excluding hydrogens is 396 g/mol. The first-order chi connectivity index (χ1) is 14.8. The number of aliphatic hydroxyl groups excluding tert-OH is 1. The maximum atomic E-state index is 8.87.